The third kappa shape index (κ3) is 2.72. The van der Waals surface area contributed by atoms with E-state index in [2.05, 4.69) is 29.2 Å². The maximum absolute atomic E-state index is 11.5. The summed E-state index contributed by atoms with van der Waals surface area (Å²) in [7, 11) is 2.13. The van der Waals surface area contributed by atoms with Gasteiger partial charge in [0, 0.05) is 37.8 Å². The normalized spacial score (nSPS) is 22.1. The molecule has 2 rings (SSSR count). The minimum atomic E-state index is -0.378. The third-order valence-electron chi connectivity index (χ3n) is 3.52. The van der Waals surface area contributed by atoms with E-state index in [1.165, 1.54) is 6.26 Å². The van der Waals surface area contributed by atoms with E-state index in [4.69, 9.17) is 10.3 Å². The fourth-order valence-corrected chi connectivity index (χ4v) is 2.23. The molecule has 6 nitrogen and oxygen atoms in total. The van der Waals surface area contributed by atoms with Gasteiger partial charge in [-0.3, -0.25) is 15.1 Å². The Hall–Kier alpha value is -1.37. The lowest BCUT2D eigenvalue weighted by molar-refractivity contribution is 0.0906. The molecule has 3 N–H and O–H groups in total. The van der Waals surface area contributed by atoms with Crippen LogP contribution in [0.25, 0.3) is 0 Å². The summed E-state index contributed by atoms with van der Waals surface area (Å²) in [4.78, 5) is 16.2. The van der Waals surface area contributed by atoms with Gasteiger partial charge in [0.2, 0.25) is 0 Å². The van der Waals surface area contributed by atoms with Crippen LogP contribution in [0.15, 0.2) is 16.7 Å². The number of rotatable bonds is 3. The Bertz CT molecular complexity index is 418. The molecule has 0 bridgehead atoms. The molecule has 1 aliphatic heterocycles. The zero-order valence-electron chi connectivity index (χ0n) is 10.8. The standard InChI is InChI=1S/C12H20N4O2/c1-9-7-16(5-4-15(9)2)8-10-3-6-18-11(10)12(17)14-13/h3,6,9H,4-5,7-8,13H2,1-2H3,(H,14,17). The molecule has 0 aromatic carbocycles. The van der Waals surface area contributed by atoms with Crippen LogP contribution >= 0.6 is 0 Å². The van der Waals surface area contributed by atoms with Crippen molar-refractivity contribution in [2.24, 2.45) is 5.84 Å². The Labute approximate surface area is 107 Å². The molecule has 0 aliphatic carbocycles. The highest BCUT2D eigenvalue weighted by Gasteiger charge is 2.23. The predicted octanol–water partition coefficient (Wildman–Crippen LogP) is 0.0190. The fourth-order valence-electron chi connectivity index (χ4n) is 2.23. The number of nitrogens with two attached hydrogens (primary N) is 1. The molecule has 1 unspecified atom stereocenters. The number of amides is 1. The van der Waals surface area contributed by atoms with Gasteiger partial charge in [-0.2, -0.15) is 0 Å². The molecule has 1 aromatic heterocycles. The number of furan rings is 1. The van der Waals surface area contributed by atoms with Crippen molar-refractivity contribution < 1.29 is 9.21 Å². The number of nitrogens with zero attached hydrogens (tertiary/aromatic N) is 2. The molecule has 2 heterocycles. The number of carbonyl (C=O) groups is 1. The van der Waals surface area contributed by atoms with Gasteiger partial charge in [-0.25, -0.2) is 5.84 Å². The summed E-state index contributed by atoms with van der Waals surface area (Å²) in [6.07, 6.45) is 1.53. The first-order valence-electron chi connectivity index (χ1n) is 6.11. The second kappa shape index (κ2) is 5.51. The first-order valence-corrected chi connectivity index (χ1v) is 6.11. The summed E-state index contributed by atoms with van der Waals surface area (Å²) in [5, 5.41) is 0. The number of nitrogens with one attached hydrogen (secondary N) is 1. The largest absolute Gasteiger partial charge is 0.459 e. The molecular formula is C12H20N4O2. The quantitative estimate of drug-likeness (QED) is 0.450. The molecule has 0 saturated carbocycles. The molecule has 1 aliphatic rings. The van der Waals surface area contributed by atoms with E-state index < -0.39 is 0 Å². The maximum Gasteiger partial charge on any atom is 0.301 e. The summed E-state index contributed by atoms with van der Waals surface area (Å²) in [6.45, 7) is 5.95. The van der Waals surface area contributed by atoms with Crippen LogP contribution in [0, 0.1) is 0 Å². The van der Waals surface area contributed by atoms with Crippen LogP contribution in [0.4, 0.5) is 0 Å². The topological polar surface area (TPSA) is 74.7 Å². The van der Waals surface area contributed by atoms with Crippen molar-refractivity contribution in [2.75, 3.05) is 26.7 Å². The lowest BCUT2D eigenvalue weighted by Crippen LogP contribution is -2.49. The molecule has 1 atom stereocenters. The Morgan fingerprint density at radius 2 is 2.39 bits per heavy atom. The van der Waals surface area contributed by atoms with Crippen molar-refractivity contribution in [1.29, 1.82) is 0 Å². The van der Waals surface area contributed by atoms with Crippen molar-refractivity contribution in [3.05, 3.63) is 23.7 Å². The second-order valence-corrected chi connectivity index (χ2v) is 4.81. The van der Waals surface area contributed by atoms with E-state index in [1.807, 2.05) is 6.07 Å². The third-order valence-corrected chi connectivity index (χ3v) is 3.52. The van der Waals surface area contributed by atoms with Crippen LogP contribution in [0.2, 0.25) is 0 Å². The minimum Gasteiger partial charge on any atom is -0.459 e. The monoisotopic (exact) mass is 252 g/mol. The molecular weight excluding hydrogens is 232 g/mol. The first-order chi connectivity index (χ1) is 8.61. The van der Waals surface area contributed by atoms with Crippen LogP contribution in [0.1, 0.15) is 23.0 Å². The fraction of sp³-hybridized carbons (Fsp3) is 0.583. The Morgan fingerprint density at radius 3 is 3.06 bits per heavy atom. The number of hydrogen-bond donors (Lipinski definition) is 2. The van der Waals surface area contributed by atoms with Crippen molar-refractivity contribution in [3.63, 3.8) is 0 Å². The molecule has 6 heteroatoms. The summed E-state index contributed by atoms with van der Waals surface area (Å²) >= 11 is 0. The molecule has 0 radical (unpaired) electrons. The highest BCUT2D eigenvalue weighted by Crippen LogP contribution is 2.16. The highest BCUT2D eigenvalue weighted by molar-refractivity contribution is 5.92. The van der Waals surface area contributed by atoms with Gasteiger partial charge >= 0.3 is 5.91 Å². The van der Waals surface area contributed by atoms with E-state index in [-0.39, 0.29) is 5.91 Å². The number of hydrazine groups is 1. The van der Waals surface area contributed by atoms with Gasteiger partial charge in [-0.1, -0.05) is 0 Å². The zero-order chi connectivity index (χ0) is 13.1. The molecule has 100 valence electrons. The van der Waals surface area contributed by atoms with Crippen LogP contribution in [-0.2, 0) is 6.54 Å². The summed E-state index contributed by atoms with van der Waals surface area (Å²) in [6, 6.07) is 2.35. The van der Waals surface area contributed by atoms with Crippen LogP contribution in [0.3, 0.4) is 0 Å². The molecule has 1 saturated heterocycles. The molecule has 0 spiro atoms. The predicted molar refractivity (Wildman–Crippen MR) is 67.7 cm³/mol. The second-order valence-electron chi connectivity index (χ2n) is 4.81. The van der Waals surface area contributed by atoms with Gasteiger partial charge < -0.3 is 9.32 Å². The van der Waals surface area contributed by atoms with Crippen molar-refractivity contribution in [3.8, 4) is 0 Å². The van der Waals surface area contributed by atoms with Gasteiger partial charge in [0.1, 0.15) is 0 Å². The number of carbonyl (C=O) groups excluding carboxylic acids is 1. The molecule has 1 aromatic rings. The maximum atomic E-state index is 11.5. The Morgan fingerprint density at radius 1 is 1.61 bits per heavy atom. The van der Waals surface area contributed by atoms with Crippen molar-refractivity contribution in [2.45, 2.75) is 19.5 Å². The Balaban J connectivity index is 2.02. The highest BCUT2D eigenvalue weighted by atomic mass is 16.3. The van der Waals surface area contributed by atoms with Crippen LogP contribution < -0.4 is 11.3 Å². The average Bonchev–Trinajstić information content (AvgIpc) is 2.81. The number of nitrogen functional groups attached to an aromatic ring is 1. The smallest absolute Gasteiger partial charge is 0.301 e. The van der Waals surface area contributed by atoms with Gasteiger partial charge in [-0.15, -0.1) is 0 Å². The van der Waals surface area contributed by atoms with Crippen molar-refractivity contribution >= 4 is 5.91 Å². The Kier molecular flexibility index (Phi) is 4.00. The average molecular weight is 252 g/mol. The van der Waals surface area contributed by atoms with Gasteiger partial charge in [-0.05, 0) is 20.0 Å². The SMILES string of the molecule is CC1CN(Cc2ccoc2C(=O)NN)CCN1C. The van der Waals surface area contributed by atoms with Crippen molar-refractivity contribution in [1.82, 2.24) is 15.2 Å². The van der Waals surface area contributed by atoms with Gasteiger partial charge in [0.15, 0.2) is 5.76 Å². The summed E-state index contributed by atoms with van der Waals surface area (Å²) < 4.78 is 5.18. The summed E-state index contributed by atoms with van der Waals surface area (Å²) in [5.41, 5.74) is 2.99. The van der Waals surface area contributed by atoms with E-state index >= 15 is 0 Å². The van der Waals surface area contributed by atoms with E-state index in [9.17, 15) is 4.79 Å². The van der Waals surface area contributed by atoms with Gasteiger partial charge in [0.25, 0.3) is 0 Å². The summed E-state index contributed by atoms with van der Waals surface area (Å²) in [5.74, 6) is 5.06. The number of piperazine rings is 1. The van der Waals surface area contributed by atoms with Crippen LogP contribution in [-0.4, -0.2) is 48.4 Å². The lowest BCUT2D eigenvalue weighted by atomic mass is 10.1. The number of hydrogen-bond acceptors (Lipinski definition) is 5. The van der Waals surface area contributed by atoms with E-state index in [0.717, 1.165) is 31.7 Å². The first kappa shape index (κ1) is 13.1. The van der Waals surface area contributed by atoms with Crippen LogP contribution in [0.5, 0.6) is 0 Å². The molecule has 18 heavy (non-hydrogen) atoms. The molecule has 1 amide bonds. The molecule has 1 fully saturated rings. The number of likely N-dealkylation sites (N-methyl/N-ethyl adjacent to an activating group) is 1. The van der Waals surface area contributed by atoms with E-state index in [0.29, 0.717) is 11.8 Å². The van der Waals surface area contributed by atoms with E-state index in [1.54, 1.807) is 0 Å². The lowest BCUT2D eigenvalue weighted by Gasteiger charge is -2.37. The van der Waals surface area contributed by atoms with Gasteiger partial charge in [0.05, 0.1) is 6.26 Å². The zero-order valence-corrected chi connectivity index (χ0v) is 10.8. The minimum absolute atomic E-state index is 0.309.